The van der Waals surface area contributed by atoms with Crippen molar-refractivity contribution in [2.75, 3.05) is 19.5 Å². The van der Waals surface area contributed by atoms with Gasteiger partial charge in [0.15, 0.2) is 11.5 Å². The molecule has 4 N–H and O–H groups in total. The summed E-state index contributed by atoms with van der Waals surface area (Å²) >= 11 is 0. The molecule has 7 nitrogen and oxygen atoms in total. The first kappa shape index (κ1) is 24.3. The van der Waals surface area contributed by atoms with Crippen LogP contribution in [0.3, 0.4) is 0 Å². The van der Waals surface area contributed by atoms with Crippen LogP contribution >= 0.6 is 0 Å². The molecule has 0 spiro atoms. The number of carbonyl (C=O) groups is 1. The van der Waals surface area contributed by atoms with E-state index in [1.54, 1.807) is 14.2 Å². The predicted molar refractivity (Wildman–Crippen MR) is 141 cm³/mol. The average Bonchev–Trinajstić information content (AvgIpc) is 3.34. The van der Waals surface area contributed by atoms with Crippen molar-refractivity contribution in [1.29, 1.82) is 0 Å². The number of piperidine rings is 1. The summed E-state index contributed by atoms with van der Waals surface area (Å²) in [5, 5.41) is 6.98. The van der Waals surface area contributed by atoms with Crippen LogP contribution in [0.4, 0.5) is 5.69 Å². The van der Waals surface area contributed by atoms with Gasteiger partial charge in [-0.1, -0.05) is 54.1 Å². The summed E-state index contributed by atoms with van der Waals surface area (Å²) in [4.78, 5) is 13.9. The highest BCUT2D eigenvalue weighted by Crippen LogP contribution is 2.43. The summed E-state index contributed by atoms with van der Waals surface area (Å²) in [7, 11) is 3.27. The molecule has 0 aromatic heterocycles. The minimum Gasteiger partial charge on any atom is -0.493 e. The average molecular weight is 487 g/mol. The number of aryl methyl sites for hydroxylation is 2. The third-order valence-electron chi connectivity index (χ3n) is 7.44. The highest BCUT2D eigenvalue weighted by atomic mass is 16.5. The molecule has 5 rings (SSSR count). The van der Waals surface area contributed by atoms with Gasteiger partial charge in [-0.05, 0) is 55.2 Å². The van der Waals surface area contributed by atoms with Crippen LogP contribution in [0.5, 0.6) is 11.5 Å². The van der Waals surface area contributed by atoms with E-state index < -0.39 is 0 Å². The lowest BCUT2D eigenvalue weighted by atomic mass is 9.74. The number of hydrazine groups is 1. The molecule has 188 valence electrons. The van der Waals surface area contributed by atoms with Gasteiger partial charge >= 0.3 is 0 Å². The van der Waals surface area contributed by atoms with Gasteiger partial charge in [0.1, 0.15) is 0 Å². The fourth-order valence-corrected chi connectivity index (χ4v) is 5.61. The lowest BCUT2D eigenvalue weighted by molar-refractivity contribution is -0.123. The van der Waals surface area contributed by atoms with Crippen molar-refractivity contribution in [3.05, 3.63) is 89.0 Å². The summed E-state index contributed by atoms with van der Waals surface area (Å²) in [6.45, 7) is 4.09. The van der Waals surface area contributed by atoms with Crippen LogP contribution in [0.25, 0.3) is 0 Å². The first-order chi connectivity index (χ1) is 17.5. The van der Waals surface area contributed by atoms with Crippen LogP contribution in [-0.2, 0) is 4.79 Å². The summed E-state index contributed by atoms with van der Waals surface area (Å²) in [5.74, 6) is 1.19. The van der Waals surface area contributed by atoms with Crippen molar-refractivity contribution in [1.82, 2.24) is 16.2 Å². The summed E-state index contributed by atoms with van der Waals surface area (Å²) in [6.07, 6.45) is 0.567. The minimum absolute atomic E-state index is 0.00455. The molecule has 2 saturated heterocycles. The molecule has 2 aliphatic rings. The highest BCUT2D eigenvalue weighted by Gasteiger charge is 2.49. The standard InChI is InChI=1S/C29H34N4O3/c1-17-10-12-22(18(2)14-17)31-29(34)21-16-23(20-11-13-24(35-3)25(15-20)36-4)30-28-26(21)27(32-33-28)19-8-6-5-7-9-19/h5-15,21,23,26-28,30,32-33H,16H2,1-4H3,(H,31,34). The van der Waals surface area contributed by atoms with Crippen molar-refractivity contribution >= 4 is 11.6 Å². The Labute approximate surface area is 212 Å². The normalized spacial score (nSPS) is 25.2. The lowest BCUT2D eigenvalue weighted by Gasteiger charge is -2.40. The number of ether oxygens (including phenoxy) is 2. The minimum atomic E-state index is -0.234. The maximum Gasteiger partial charge on any atom is 0.228 e. The second-order valence-corrected chi connectivity index (χ2v) is 9.72. The van der Waals surface area contributed by atoms with Crippen molar-refractivity contribution in [3.63, 3.8) is 0 Å². The molecule has 1 amide bonds. The molecule has 3 aromatic carbocycles. The topological polar surface area (TPSA) is 83.7 Å². The number of anilines is 1. The van der Waals surface area contributed by atoms with Crippen molar-refractivity contribution < 1.29 is 14.3 Å². The van der Waals surface area contributed by atoms with Crippen molar-refractivity contribution in [2.24, 2.45) is 11.8 Å². The van der Waals surface area contributed by atoms with Gasteiger partial charge in [0.25, 0.3) is 0 Å². The number of fused-ring (bicyclic) bond motifs is 1. The van der Waals surface area contributed by atoms with E-state index in [2.05, 4.69) is 46.6 Å². The molecule has 2 heterocycles. The second kappa shape index (κ2) is 10.3. The smallest absolute Gasteiger partial charge is 0.228 e. The predicted octanol–water partition coefficient (Wildman–Crippen LogP) is 4.40. The van der Waals surface area contributed by atoms with Gasteiger partial charge in [-0.3, -0.25) is 10.1 Å². The van der Waals surface area contributed by atoms with Gasteiger partial charge in [0.2, 0.25) is 5.91 Å². The fraction of sp³-hybridized carbons (Fsp3) is 0.345. The zero-order chi connectivity index (χ0) is 25.2. The van der Waals surface area contributed by atoms with E-state index in [4.69, 9.17) is 9.47 Å². The molecule has 0 aliphatic carbocycles. The monoisotopic (exact) mass is 486 g/mol. The van der Waals surface area contributed by atoms with Gasteiger partial charge in [0, 0.05) is 23.6 Å². The molecule has 36 heavy (non-hydrogen) atoms. The molecule has 2 aliphatic heterocycles. The van der Waals surface area contributed by atoms with E-state index >= 15 is 0 Å². The quantitative estimate of drug-likeness (QED) is 0.413. The molecule has 2 fully saturated rings. The van der Waals surface area contributed by atoms with Gasteiger partial charge in [-0.15, -0.1) is 0 Å². The van der Waals surface area contributed by atoms with E-state index in [1.165, 1.54) is 5.56 Å². The first-order valence-electron chi connectivity index (χ1n) is 12.4. The molecule has 0 saturated carbocycles. The van der Waals surface area contributed by atoms with Crippen molar-refractivity contribution in [2.45, 2.75) is 38.5 Å². The first-order valence-corrected chi connectivity index (χ1v) is 12.4. The molecule has 5 unspecified atom stereocenters. The lowest BCUT2D eigenvalue weighted by Crippen LogP contribution is -2.53. The van der Waals surface area contributed by atoms with E-state index in [0.717, 1.165) is 22.4 Å². The molecular weight excluding hydrogens is 452 g/mol. The van der Waals surface area contributed by atoms with Crippen LogP contribution in [0.2, 0.25) is 0 Å². The van der Waals surface area contributed by atoms with Crippen molar-refractivity contribution in [3.8, 4) is 11.5 Å². The Kier molecular flexibility index (Phi) is 6.96. The van der Waals surface area contributed by atoms with Gasteiger partial charge < -0.3 is 14.8 Å². The zero-order valence-corrected chi connectivity index (χ0v) is 21.2. The van der Waals surface area contributed by atoms with Crippen LogP contribution in [0.1, 0.15) is 40.8 Å². The van der Waals surface area contributed by atoms with Crippen LogP contribution in [0, 0.1) is 25.7 Å². The van der Waals surface area contributed by atoms with Gasteiger partial charge in [0.05, 0.1) is 26.4 Å². The van der Waals surface area contributed by atoms with Gasteiger partial charge in [-0.25, -0.2) is 10.9 Å². The number of rotatable bonds is 6. The Morgan fingerprint density at radius 2 is 1.67 bits per heavy atom. The number of benzene rings is 3. The number of carbonyl (C=O) groups excluding carboxylic acids is 1. The number of amides is 1. The van der Waals surface area contributed by atoms with E-state index in [0.29, 0.717) is 17.9 Å². The maximum atomic E-state index is 13.9. The molecule has 0 bridgehead atoms. The molecule has 3 aromatic rings. The SMILES string of the molecule is COc1ccc(C2CC(C(=O)Nc3ccc(C)cc3C)C3C(NNC3c3ccccc3)N2)cc1OC. The number of nitrogens with one attached hydrogen (secondary N) is 4. The third-order valence-corrected chi connectivity index (χ3v) is 7.44. The second-order valence-electron chi connectivity index (χ2n) is 9.72. The van der Waals surface area contributed by atoms with E-state index in [9.17, 15) is 4.79 Å². The highest BCUT2D eigenvalue weighted by molar-refractivity contribution is 5.93. The zero-order valence-electron chi connectivity index (χ0n) is 21.2. The Morgan fingerprint density at radius 3 is 2.39 bits per heavy atom. The largest absolute Gasteiger partial charge is 0.493 e. The summed E-state index contributed by atoms with van der Waals surface area (Å²) in [6, 6.07) is 22.4. The van der Waals surface area contributed by atoms with Crippen LogP contribution in [0.15, 0.2) is 66.7 Å². The number of methoxy groups -OCH3 is 2. The Morgan fingerprint density at radius 1 is 0.889 bits per heavy atom. The molecular formula is C29H34N4O3. The summed E-state index contributed by atoms with van der Waals surface area (Å²) in [5.41, 5.74) is 12.2. The Bertz CT molecular complexity index is 1230. The van der Waals surface area contributed by atoms with Crippen LogP contribution < -0.4 is 31.0 Å². The molecule has 5 atom stereocenters. The Hall–Kier alpha value is -3.39. The molecule has 7 heteroatoms. The third kappa shape index (κ3) is 4.69. The summed E-state index contributed by atoms with van der Waals surface area (Å²) < 4.78 is 11.0. The van der Waals surface area contributed by atoms with E-state index in [1.807, 2.05) is 55.5 Å². The Balaban J connectivity index is 1.47. The number of hydrogen-bond acceptors (Lipinski definition) is 6. The van der Waals surface area contributed by atoms with Gasteiger partial charge in [-0.2, -0.15) is 0 Å². The number of hydrogen-bond donors (Lipinski definition) is 4. The van der Waals surface area contributed by atoms with E-state index in [-0.39, 0.29) is 36.0 Å². The van der Waals surface area contributed by atoms with Crippen LogP contribution in [-0.4, -0.2) is 26.3 Å². The maximum absolute atomic E-state index is 13.9. The fourth-order valence-electron chi connectivity index (χ4n) is 5.61. The molecule has 0 radical (unpaired) electrons.